The number of rotatable bonds is 4. The van der Waals surface area contributed by atoms with Crippen LogP contribution >= 0.6 is 12.4 Å². The lowest BCUT2D eigenvalue weighted by Crippen LogP contribution is -2.47. The number of nitrogens with one attached hydrogen (secondary N) is 2. The van der Waals surface area contributed by atoms with Gasteiger partial charge in [-0.05, 0) is 56.0 Å². The molecule has 21 heavy (non-hydrogen) atoms. The Kier molecular flexibility index (Phi) is 7.49. The predicted molar refractivity (Wildman–Crippen MR) is 90.8 cm³/mol. The van der Waals surface area contributed by atoms with Gasteiger partial charge in [0.2, 0.25) is 5.91 Å². The highest BCUT2D eigenvalue weighted by molar-refractivity contribution is 5.85. The highest BCUT2D eigenvalue weighted by Gasteiger charge is 2.33. The number of piperidine rings is 1. The highest BCUT2D eigenvalue weighted by Crippen LogP contribution is 2.35. The van der Waals surface area contributed by atoms with E-state index < -0.39 is 0 Å². The van der Waals surface area contributed by atoms with Crippen LogP contribution < -0.4 is 10.6 Å². The van der Waals surface area contributed by atoms with Crippen LogP contribution in [0.1, 0.15) is 65.7 Å². The summed E-state index contributed by atoms with van der Waals surface area (Å²) in [5, 5.41) is 6.72. The molecule has 0 aromatic carbocycles. The number of halogens is 1. The lowest BCUT2D eigenvalue weighted by molar-refractivity contribution is -0.124. The summed E-state index contributed by atoms with van der Waals surface area (Å²) in [5.74, 6) is 1.51. The molecule has 1 aliphatic carbocycles. The second kappa shape index (κ2) is 8.38. The van der Waals surface area contributed by atoms with Crippen LogP contribution in [0, 0.1) is 17.3 Å². The fourth-order valence-electron chi connectivity index (χ4n) is 3.89. The van der Waals surface area contributed by atoms with E-state index in [9.17, 15) is 4.79 Å². The normalized spacial score (nSPS) is 27.5. The van der Waals surface area contributed by atoms with Gasteiger partial charge in [-0.3, -0.25) is 4.79 Å². The molecule has 0 bridgehead atoms. The largest absolute Gasteiger partial charge is 0.353 e. The van der Waals surface area contributed by atoms with Crippen molar-refractivity contribution >= 4 is 18.3 Å². The zero-order chi connectivity index (χ0) is 14.6. The molecule has 2 aliphatic rings. The first kappa shape index (κ1) is 18.8. The number of hydrogen-bond donors (Lipinski definition) is 2. The first-order valence-electron chi connectivity index (χ1n) is 8.49. The Labute approximate surface area is 136 Å². The predicted octanol–water partition coefficient (Wildman–Crippen LogP) is 3.52. The standard InChI is InChI=1S/C17H32N2O.ClH/c1-13(14-7-10-18-11-8-14)12-16(20)19-15-6-4-5-9-17(15,2)3;/h13-15,18H,4-12H2,1-3H3,(H,19,20);1H. The molecule has 1 heterocycles. The molecule has 2 fully saturated rings. The maximum Gasteiger partial charge on any atom is 0.220 e. The molecule has 2 unspecified atom stereocenters. The Morgan fingerprint density at radius 2 is 1.90 bits per heavy atom. The van der Waals surface area contributed by atoms with Crippen molar-refractivity contribution in [2.24, 2.45) is 17.3 Å². The van der Waals surface area contributed by atoms with Gasteiger partial charge in [0, 0.05) is 12.5 Å². The molecule has 1 amide bonds. The lowest BCUT2D eigenvalue weighted by Gasteiger charge is -2.39. The number of carbonyl (C=O) groups is 1. The highest BCUT2D eigenvalue weighted by atomic mass is 35.5. The van der Waals surface area contributed by atoms with Crippen LogP contribution in [0.25, 0.3) is 0 Å². The van der Waals surface area contributed by atoms with Gasteiger partial charge >= 0.3 is 0 Å². The Hall–Kier alpha value is -0.280. The third kappa shape index (κ3) is 5.45. The van der Waals surface area contributed by atoms with E-state index in [0.717, 1.165) is 25.4 Å². The molecule has 2 rings (SSSR count). The zero-order valence-electron chi connectivity index (χ0n) is 13.9. The van der Waals surface area contributed by atoms with Gasteiger partial charge in [-0.15, -0.1) is 12.4 Å². The molecule has 0 radical (unpaired) electrons. The van der Waals surface area contributed by atoms with Gasteiger partial charge in [-0.25, -0.2) is 0 Å². The number of hydrogen-bond acceptors (Lipinski definition) is 2. The summed E-state index contributed by atoms with van der Waals surface area (Å²) in [7, 11) is 0. The minimum Gasteiger partial charge on any atom is -0.353 e. The molecule has 124 valence electrons. The van der Waals surface area contributed by atoms with Crippen molar-refractivity contribution in [1.29, 1.82) is 0 Å². The maximum atomic E-state index is 12.3. The van der Waals surface area contributed by atoms with E-state index in [2.05, 4.69) is 31.4 Å². The van der Waals surface area contributed by atoms with E-state index >= 15 is 0 Å². The van der Waals surface area contributed by atoms with E-state index in [-0.39, 0.29) is 23.7 Å². The second-order valence-corrected chi connectivity index (χ2v) is 7.62. The summed E-state index contributed by atoms with van der Waals surface area (Å²) in [5.41, 5.74) is 0.270. The molecule has 1 saturated carbocycles. The molecular weight excluding hydrogens is 284 g/mol. The van der Waals surface area contributed by atoms with Gasteiger partial charge in [0.25, 0.3) is 0 Å². The Bertz CT molecular complexity index is 327. The van der Waals surface area contributed by atoms with Crippen LogP contribution in [0.4, 0.5) is 0 Å². The average Bonchev–Trinajstić information content (AvgIpc) is 2.42. The molecule has 1 aliphatic heterocycles. The summed E-state index contributed by atoms with van der Waals surface area (Å²) in [4.78, 5) is 12.3. The minimum absolute atomic E-state index is 0. The minimum atomic E-state index is 0. The number of amides is 1. The Morgan fingerprint density at radius 1 is 1.24 bits per heavy atom. The van der Waals surface area contributed by atoms with Gasteiger partial charge in [-0.1, -0.05) is 33.6 Å². The van der Waals surface area contributed by atoms with Gasteiger partial charge < -0.3 is 10.6 Å². The topological polar surface area (TPSA) is 41.1 Å². The maximum absolute atomic E-state index is 12.3. The van der Waals surface area contributed by atoms with E-state index in [4.69, 9.17) is 0 Å². The van der Waals surface area contributed by atoms with Crippen molar-refractivity contribution in [1.82, 2.24) is 10.6 Å². The van der Waals surface area contributed by atoms with E-state index in [1.54, 1.807) is 0 Å². The quantitative estimate of drug-likeness (QED) is 0.833. The van der Waals surface area contributed by atoms with Crippen molar-refractivity contribution in [2.75, 3.05) is 13.1 Å². The van der Waals surface area contributed by atoms with Crippen molar-refractivity contribution in [3.05, 3.63) is 0 Å². The second-order valence-electron chi connectivity index (χ2n) is 7.62. The van der Waals surface area contributed by atoms with Crippen molar-refractivity contribution in [3.63, 3.8) is 0 Å². The lowest BCUT2D eigenvalue weighted by atomic mass is 9.73. The van der Waals surface area contributed by atoms with E-state index in [1.165, 1.54) is 32.1 Å². The first-order valence-corrected chi connectivity index (χ1v) is 8.49. The molecule has 4 heteroatoms. The third-order valence-corrected chi connectivity index (χ3v) is 5.54. The average molecular weight is 317 g/mol. The Morgan fingerprint density at radius 3 is 2.52 bits per heavy atom. The summed E-state index contributed by atoms with van der Waals surface area (Å²) in [6.45, 7) is 9.08. The molecule has 3 nitrogen and oxygen atoms in total. The van der Waals surface area contributed by atoms with Gasteiger partial charge in [0.1, 0.15) is 0 Å². The van der Waals surface area contributed by atoms with Gasteiger partial charge in [0.05, 0.1) is 0 Å². The van der Waals surface area contributed by atoms with Crippen LogP contribution in [0.3, 0.4) is 0 Å². The van der Waals surface area contributed by atoms with Crippen LogP contribution in [-0.2, 0) is 4.79 Å². The molecule has 2 atom stereocenters. The van der Waals surface area contributed by atoms with Crippen LogP contribution in [0.15, 0.2) is 0 Å². The molecule has 0 aromatic heterocycles. The molecular formula is C17H33ClN2O. The molecule has 1 saturated heterocycles. The summed E-state index contributed by atoms with van der Waals surface area (Å²) in [6.07, 6.45) is 8.12. The smallest absolute Gasteiger partial charge is 0.220 e. The fourth-order valence-corrected chi connectivity index (χ4v) is 3.89. The summed E-state index contributed by atoms with van der Waals surface area (Å²) < 4.78 is 0. The van der Waals surface area contributed by atoms with Crippen molar-refractivity contribution in [2.45, 2.75) is 71.8 Å². The van der Waals surface area contributed by atoms with Crippen molar-refractivity contribution < 1.29 is 4.79 Å². The van der Waals surface area contributed by atoms with E-state index in [0.29, 0.717) is 18.4 Å². The monoisotopic (exact) mass is 316 g/mol. The zero-order valence-corrected chi connectivity index (χ0v) is 14.7. The Balaban J connectivity index is 0.00000220. The SMILES string of the molecule is CC(CC(=O)NC1CCCCC1(C)C)C1CCNCC1.Cl. The van der Waals surface area contributed by atoms with Crippen LogP contribution in [0.5, 0.6) is 0 Å². The molecule has 2 N–H and O–H groups in total. The summed E-state index contributed by atoms with van der Waals surface area (Å²) in [6, 6.07) is 0.379. The molecule has 0 aromatic rings. The fraction of sp³-hybridized carbons (Fsp3) is 0.941. The molecule has 0 spiro atoms. The third-order valence-electron chi connectivity index (χ3n) is 5.54. The van der Waals surface area contributed by atoms with Crippen LogP contribution in [0.2, 0.25) is 0 Å². The van der Waals surface area contributed by atoms with Crippen LogP contribution in [-0.4, -0.2) is 25.0 Å². The van der Waals surface area contributed by atoms with E-state index in [1.807, 2.05) is 0 Å². The summed E-state index contributed by atoms with van der Waals surface area (Å²) >= 11 is 0. The number of carbonyl (C=O) groups excluding carboxylic acids is 1. The van der Waals surface area contributed by atoms with Gasteiger partial charge in [-0.2, -0.15) is 0 Å². The van der Waals surface area contributed by atoms with Crippen molar-refractivity contribution in [3.8, 4) is 0 Å². The first-order chi connectivity index (χ1) is 9.49. The van der Waals surface area contributed by atoms with Gasteiger partial charge in [0.15, 0.2) is 0 Å².